The molecule has 0 aliphatic heterocycles. The number of hydrogen-bond donors (Lipinski definition) is 1. The highest BCUT2D eigenvalue weighted by atomic mass is 16.2. The Kier molecular flexibility index (Phi) is 2.82. The van der Waals surface area contributed by atoms with E-state index in [9.17, 15) is 0 Å². The number of benzene rings is 1. The quantitative estimate of drug-likeness (QED) is 0.666. The van der Waals surface area contributed by atoms with Crippen LogP contribution in [0.25, 0.3) is 10.9 Å². The summed E-state index contributed by atoms with van der Waals surface area (Å²) in [6.07, 6.45) is 0. The summed E-state index contributed by atoms with van der Waals surface area (Å²) in [5.74, 6) is 5.24. The molecule has 0 saturated carbocycles. The molecular weight excluding hydrogens is 200 g/mol. The summed E-state index contributed by atoms with van der Waals surface area (Å²) < 4.78 is 0. The lowest BCUT2D eigenvalue weighted by molar-refractivity contribution is 0.350. The maximum absolute atomic E-state index is 8.93. The number of nitriles is 1. The third kappa shape index (κ3) is 1.86. The van der Waals surface area contributed by atoms with Crippen LogP contribution in [-0.4, -0.2) is 16.7 Å². The van der Waals surface area contributed by atoms with E-state index in [1.54, 1.807) is 0 Å². The van der Waals surface area contributed by atoms with Crippen molar-refractivity contribution < 1.29 is 5.11 Å². The van der Waals surface area contributed by atoms with E-state index in [0.717, 1.165) is 10.9 Å². The third-order valence-corrected chi connectivity index (χ3v) is 2.13. The normalized spacial score (nSPS) is 9.25. The monoisotopic (exact) mass is 208 g/mol. The highest BCUT2D eigenvalue weighted by molar-refractivity contribution is 5.81. The van der Waals surface area contributed by atoms with Gasteiger partial charge in [-0.2, -0.15) is 5.26 Å². The van der Waals surface area contributed by atoms with Crippen LogP contribution >= 0.6 is 0 Å². The molecule has 1 heterocycles. The number of hydrogen-bond acceptors (Lipinski definition) is 3. The van der Waals surface area contributed by atoms with E-state index in [4.69, 9.17) is 10.4 Å². The van der Waals surface area contributed by atoms with Gasteiger partial charge >= 0.3 is 0 Å². The Labute approximate surface area is 93.0 Å². The van der Waals surface area contributed by atoms with E-state index in [1.165, 1.54) is 0 Å². The van der Waals surface area contributed by atoms with E-state index in [1.807, 2.05) is 36.4 Å². The molecule has 16 heavy (non-hydrogen) atoms. The van der Waals surface area contributed by atoms with Gasteiger partial charge < -0.3 is 5.11 Å². The number of rotatable bonds is 0. The topological polar surface area (TPSA) is 56.9 Å². The Bertz CT molecular complexity index is 630. The van der Waals surface area contributed by atoms with Crippen molar-refractivity contribution >= 4 is 10.9 Å². The predicted octanol–water partition coefficient (Wildman–Crippen LogP) is 1.45. The molecule has 3 nitrogen and oxygen atoms in total. The van der Waals surface area contributed by atoms with Gasteiger partial charge in [-0.1, -0.05) is 30.0 Å². The predicted molar refractivity (Wildman–Crippen MR) is 60.4 cm³/mol. The van der Waals surface area contributed by atoms with Crippen LogP contribution in [0.4, 0.5) is 0 Å². The molecule has 0 amide bonds. The van der Waals surface area contributed by atoms with Crippen LogP contribution in [0.15, 0.2) is 30.3 Å². The van der Waals surface area contributed by atoms with Crippen LogP contribution in [0.2, 0.25) is 0 Å². The number of aliphatic hydroxyl groups excluding tert-OH is 1. The minimum atomic E-state index is -0.225. The number of aliphatic hydroxyl groups is 1. The molecule has 76 valence electrons. The molecule has 1 N–H and O–H groups in total. The molecule has 0 bridgehead atoms. The summed E-state index contributed by atoms with van der Waals surface area (Å²) in [7, 11) is 0. The summed E-state index contributed by atoms with van der Waals surface area (Å²) >= 11 is 0. The van der Waals surface area contributed by atoms with E-state index < -0.39 is 0 Å². The fraction of sp³-hybridized carbons (Fsp3) is 0.0769. The van der Waals surface area contributed by atoms with Gasteiger partial charge in [0, 0.05) is 5.39 Å². The molecule has 0 fully saturated rings. The van der Waals surface area contributed by atoms with Crippen molar-refractivity contribution in [2.45, 2.75) is 0 Å². The molecule has 1 aromatic heterocycles. The highest BCUT2D eigenvalue weighted by Gasteiger charge is 2.03. The number of fused-ring (bicyclic) bond motifs is 1. The molecule has 1 aromatic carbocycles. The van der Waals surface area contributed by atoms with Gasteiger partial charge in [0.25, 0.3) is 0 Å². The number of pyridine rings is 1. The average Bonchev–Trinajstić information content (AvgIpc) is 2.35. The highest BCUT2D eigenvalue weighted by Crippen LogP contribution is 2.15. The van der Waals surface area contributed by atoms with E-state index in [2.05, 4.69) is 16.8 Å². The van der Waals surface area contributed by atoms with Gasteiger partial charge in [0.15, 0.2) is 5.69 Å². The number of aromatic nitrogens is 1. The molecule has 0 spiro atoms. The average molecular weight is 208 g/mol. The second-order valence-electron chi connectivity index (χ2n) is 3.15. The van der Waals surface area contributed by atoms with Gasteiger partial charge in [0.2, 0.25) is 0 Å². The summed E-state index contributed by atoms with van der Waals surface area (Å²) in [4.78, 5) is 4.20. The van der Waals surface area contributed by atoms with Crippen LogP contribution < -0.4 is 0 Å². The summed E-state index contributed by atoms with van der Waals surface area (Å²) in [6.45, 7) is -0.225. The van der Waals surface area contributed by atoms with Crippen molar-refractivity contribution in [3.8, 4) is 17.9 Å². The molecular formula is C13H8N2O. The lowest BCUT2D eigenvalue weighted by Crippen LogP contribution is -1.90. The second kappa shape index (κ2) is 4.44. The van der Waals surface area contributed by atoms with Crippen molar-refractivity contribution in [3.63, 3.8) is 0 Å². The van der Waals surface area contributed by atoms with Gasteiger partial charge in [-0.15, -0.1) is 0 Å². The fourth-order valence-electron chi connectivity index (χ4n) is 1.43. The summed E-state index contributed by atoms with van der Waals surface area (Å²) in [6, 6.07) is 11.3. The Hall–Kier alpha value is -2.36. The van der Waals surface area contributed by atoms with E-state index >= 15 is 0 Å². The molecule has 0 saturated heterocycles. The van der Waals surface area contributed by atoms with E-state index in [-0.39, 0.29) is 6.61 Å². The van der Waals surface area contributed by atoms with Crippen molar-refractivity contribution in [1.29, 1.82) is 5.26 Å². The Morgan fingerprint density at radius 2 is 2.12 bits per heavy atom. The molecule has 0 radical (unpaired) electrons. The maximum atomic E-state index is 8.93. The maximum Gasteiger partial charge on any atom is 0.156 e. The standard InChI is InChI=1S/C13H8N2O/c14-9-13-11(5-3-7-16)8-10-4-1-2-6-12(10)15-13/h1-2,4,6,8,16H,7H2. The van der Waals surface area contributed by atoms with Crippen LogP contribution in [0.1, 0.15) is 11.3 Å². The van der Waals surface area contributed by atoms with Crippen LogP contribution in [0.5, 0.6) is 0 Å². The second-order valence-corrected chi connectivity index (χ2v) is 3.15. The zero-order chi connectivity index (χ0) is 11.4. The Balaban J connectivity index is 2.69. The third-order valence-electron chi connectivity index (χ3n) is 2.13. The number of para-hydroxylation sites is 1. The molecule has 3 heteroatoms. The number of nitrogens with zero attached hydrogens (tertiary/aromatic N) is 2. The minimum Gasteiger partial charge on any atom is -0.384 e. The first-order valence-corrected chi connectivity index (χ1v) is 4.75. The van der Waals surface area contributed by atoms with Gasteiger partial charge in [0.05, 0.1) is 11.1 Å². The first-order chi connectivity index (χ1) is 7.85. The molecule has 0 aliphatic carbocycles. The summed E-state index contributed by atoms with van der Waals surface area (Å²) in [5.41, 5.74) is 1.61. The Morgan fingerprint density at radius 3 is 2.88 bits per heavy atom. The van der Waals surface area contributed by atoms with Crippen molar-refractivity contribution in [1.82, 2.24) is 4.98 Å². The Morgan fingerprint density at radius 1 is 1.31 bits per heavy atom. The molecule has 0 unspecified atom stereocenters. The minimum absolute atomic E-state index is 0.225. The van der Waals surface area contributed by atoms with Gasteiger partial charge in [-0.25, -0.2) is 4.98 Å². The lowest BCUT2D eigenvalue weighted by atomic mass is 10.1. The fourth-order valence-corrected chi connectivity index (χ4v) is 1.43. The largest absolute Gasteiger partial charge is 0.384 e. The molecule has 2 aromatic rings. The molecule has 0 atom stereocenters. The first-order valence-electron chi connectivity index (χ1n) is 4.75. The van der Waals surface area contributed by atoms with Crippen molar-refractivity contribution in [2.24, 2.45) is 0 Å². The zero-order valence-electron chi connectivity index (χ0n) is 8.44. The van der Waals surface area contributed by atoms with Crippen LogP contribution in [0, 0.1) is 23.2 Å². The van der Waals surface area contributed by atoms with Gasteiger partial charge in [0.1, 0.15) is 12.7 Å². The SMILES string of the molecule is N#Cc1nc2ccccc2cc1C#CCO. The smallest absolute Gasteiger partial charge is 0.156 e. The van der Waals surface area contributed by atoms with Gasteiger partial charge in [-0.3, -0.25) is 0 Å². The van der Waals surface area contributed by atoms with Crippen molar-refractivity contribution in [3.05, 3.63) is 41.6 Å². The summed E-state index contributed by atoms with van der Waals surface area (Å²) in [5, 5.41) is 18.5. The van der Waals surface area contributed by atoms with Crippen molar-refractivity contribution in [2.75, 3.05) is 6.61 Å². The lowest BCUT2D eigenvalue weighted by Gasteiger charge is -1.99. The van der Waals surface area contributed by atoms with Crippen LogP contribution in [-0.2, 0) is 0 Å². The van der Waals surface area contributed by atoms with Gasteiger partial charge in [-0.05, 0) is 12.1 Å². The van der Waals surface area contributed by atoms with Crippen LogP contribution in [0.3, 0.4) is 0 Å². The molecule has 2 rings (SSSR count). The first kappa shape index (κ1) is 10.2. The zero-order valence-corrected chi connectivity index (χ0v) is 8.44. The molecule has 0 aliphatic rings. The van der Waals surface area contributed by atoms with E-state index in [0.29, 0.717) is 11.3 Å².